The van der Waals surface area contributed by atoms with E-state index in [0.29, 0.717) is 0 Å². The Bertz CT molecular complexity index is 3110. The van der Waals surface area contributed by atoms with Crippen molar-refractivity contribution in [1.29, 1.82) is 0 Å². The van der Waals surface area contributed by atoms with Gasteiger partial charge in [-0.2, -0.15) is 0 Å². The molecule has 8 aromatic carbocycles. The fourth-order valence-electron chi connectivity index (χ4n) is 12.8. The van der Waals surface area contributed by atoms with E-state index < -0.39 is 0 Å². The zero-order chi connectivity index (χ0) is 39.5. The second kappa shape index (κ2) is 11.3. The second-order valence-electron chi connectivity index (χ2n) is 19.2. The first-order valence-electron chi connectivity index (χ1n) is 21.8. The number of fused-ring (bicyclic) bond motifs is 14. The summed E-state index contributed by atoms with van der Waals surface area (Å²) >= 11 is 0. The molecule has 3 aliphatic carbocycles. The van der Waals surface area contributed by atoms with Crippen LogP contribution in [0.1, 0.15) is 75.6 Å². The van der Waals surface area contributed by atoms with Crippen LogP contribution in [-0.2, 0) is 17.3 Å². The van der Waals surface area contributed by atoms with Gasteiger partial charge in [0.2, 0.25) is 0 Å². The fraction of sp³-hybridized carbons (Fsp3) is 0.228. The number of para-hydroxylation sites is 2. The lowest BCUT2D eigenvalue weighted by Gasteiger charge is -2.56. The number of hydrogen-bond acceptors (Lipinski definition) is 2. The van der Waals surface area contributed by atoms with E-state index >= 15 is 0 Å². The van der Waals surface area contributed by atoms with Gasteiger partial charge in [-0.05, 0) is 178 Å². The number of rotatable bonds is 4. The van der Waals surface area contributed by atoms with Gasteiger partial charge in [0.15, 0.2) is 0 Å². The summed E-state index contributed by atoms with van der Waals surface area (Å²) < 4.78 is 0. The Kier molecular flexibility index (Phi) is 6.49. The summed E-state index contributed by atoms with van der Waals surface area (Å²) in [5.41, 5.74) is 19.7. The zero-order valence-electron chi connectivity index (χ0n) is 34.4. The van der Waals surface area contributed by atoms with Crippen LogP contribution in [0.5, 0.6) is 0 Å². The van der Waals surface area contributed by atoms with Crippen molar-refractivity contribution in [2.45, 2.75) is 81.7 Å². The highest BCUT2D eigenvalue weighted by Crippen LogP contribution is 2.67. The minimum Gasteiger partial charge on any atom is -0.334 e. The van der Waals surface area contributed by atoms with Crippen LogP contribution in [0.2, 0.25) is 0 Å². The predicted molar refractivity (Wildman–Crippen MR) is 248 cm³/mol. The van der Waals surface area contributed by atoms with Gasteiger partial charge in [0.1, 0.15) is 0 Å². The monoisotopic (exact) mass is 760 g/mol. The Balaban J connectivity index is 0.892. The average Bonchev–Trinajstić information content (AvgIpc) is 3.77. The summed E-state index contributed by atoms with van der Waals surface area (Å²) in [6.07, 6.45) is 5.82. The zero-order valence-corrected chi connectivity index (χ0v) is 34.4. The molecule has 0 radical (unpaired) electrons. The van der Waals surface area contributed by atoms with Gasteiger partial charge >= 0.3 is 0 Å². The summed E-state index contributed by atoms with van der Waals surface area (Å²) in [6, 6.07) is 60.3. The lowest BCUT2D eigenvalue weighted by atomic mass is 9.55. The van der Waals surface area contributed by atoms with Gasteiger partial charge in [0.25, 0.3) is 0 Å². The first-order valence-corrected chi connectivity index (χ1v) is 21.8. The molecule has 0 bridgehead atoms. The third kappa shape index (κ3) is 4.13. The molecule has 2 aliphatic heterocycles. The Morgan fingerprint density at radius 1 is 0.407 bits per heavy atom. The topological polar surface area (TPSA) is 6.48 Å². The summed E-state index contributed by atoms with van der Waals surface area (Å²) in [5, 5.41) is 5.44. The van der Waals surface area contributed by atoms with Crippen molar-refractivity contribution in [3.63, 3.8) is 0 Å². The minimum atomic E-state index is 0.0879. The van der Waals surface area contributed by atoms with Gasteiger partial charge in [-0.15, -0.1) is 0 Å². The van der Waals surface area contributed by atoms with Crippen molar-refractivity contribution in [2.75, 3.05) is 9.80 Å². The third-order valence-electron chi connectivity index (χ3n) is 16.8. The van der Waals surface area contributed by atoms with Gasteiger partial charge in [-0.25, -0.2) is 0 Å². The summed E-state index contributed by atoms with van der Waals surface area (Å²) in [6.45, 7) is 9.94. The van der Waals surface area contributed by atoms with Gasteiger partial charge < -0.3 is 9.80 Å². The molecule has 2 nitrogen and oxygen atoms in total. The molecule has 5 aliphatic rings. The highest BCUT2D eigenvalue weighted by Gasteiger charge is 2.64. The van der Waals surface area contributed by atoms with Crippen molar-refractivity contribution in [3.05, 3.63) is 180 Å². The van der Waals surface area contributed by atoms with Gasteiger partial charge in [0.05, 0.1) is 11.1 Å². The SMILES string of the molecule is CC12CCC1(C)N(c1ccccc1)c1ccc(-c3ccc4c(c3)Cc3c-4c4ccccc4c4cc(-c5ccc6c(c5)C5(C)CCC5(C)N6c5ccccc5)ccc34)cc12. The van der Waals surface area contributed by atoms with Crippen LogP contribution in [0.3, 0.4) is 0 Å². The molecule has 13 rings (SSSR count). The Hall–Kier alpha value is -6.12. The largest absolute Gasteiger partial charge is 0.334 e. The molecule has 2 heterocycles. The Morgan fingerprint density at radius 2 is 0.898 bits per heavy atom. The van der Waals surface area contributed by atoms with Gasteiger partial charge in [0, 0.05) is 33.6 Å². The summed E-state index contributed by atoms with van der Waals surface area (Å²) in [4.78, 5) is 5.26. The molecule has 0 N–H and O–H groups in total. The summed E-state index contributed by atoms with van der Waals surface area (Å²) in [7, 11) is 0. The quantitative estimate of drug-likeness (QED) is 0.165. The molecule has 286 valence electrons. The van der Waals surface area contributed by atoms with E-state index in [0.717, 1.165) is 6.42 Å². The lowest BCUT2D eigenvalue weighted by molar-refractivity contribution is 0.133. The molecule has 59 heavy (non-hydrogen) atoms. The van der Waals surface area contributed by atoms with Crippen LogP contribution in [0.25, 0.3) is 54.9 Å². The molecule has 0 aromatic heterocycles. The average molecular weight is 761 g/mol. The molecular formula is C57H48N2. The Morgan fingerprint density at radius 3 is 1.46 bits per heavy atom. The second-order valence-corrected chi connectivity index (χ2v) is 19.2. The van der Waals surface area contributed by atoms with E-state index in [9.17, 15) is 0 Å². The Labute approximate surface area is 347 Å². The molecule has 2 heteroatoms. The maximum Gasteiger partial charge on any atom is 0.0518 e. The number of anilines is 4. The maximum absolute atomic E-state index is 2.63. The number of benzene rings is 8. The number of nitrogens with zero attached hydrogens (tertiary/aromatic N) is 2. The van der Waals surface area contributed by atoms with Crippen LogP contribution >= 0.6 is 0 Å². The lowest BCUT2D eigenvalue weighted by Crippen LogP contribution is -2.60. The van der Waals surface area contributed by atoms with E-state index in [1.807, 2.05) is 0 Å². The van der Waals surface area contributed by atoms with Crippen molar-refractivity contribution >= 4 is 44.3 Å². The number of hydrogen-bond donors (Lipinski definition) is 0. The first kappa shape index (κ1) is 33.8. The normalized spacial score (nSPS) is 25.5. The van der Waals surface area contributed by atoms with E-state index in [2.05, 4.69) is 195 Å². The van der Waals surface area contributed by atoms with Gasteiger partial charge in [-0.1, -0.05) is 117 Å². The van der Waals surface area contributed by atoms with E-state index in [4.69, 9.17) is 0 Å². The predicted octanol–water partition coefficient (Wildman–Crippen LogP) is 14.8. The molecule has 4 unspecified atom stereocenters. The fourth-order valence-corrected chi connectivity index (χ4v) is 12.8. The van der Waals surface area contributed by atoms with Crippen LogP contribution in [-0.4, -0.2) is 11.1 Å². The smallest absolute Gasteiger partial charge is 0.0518 e. The van der Waals surface area contributed by atoms with Gasteiger partial charge in [-0.3, -0.25) is 0 Å². The van der Waals surface area contributed by atoms with Crippen LogP contribution in [0, 0.1) is 0 Å². The third-order valence-corrected chi connectivity index (χ3v) is 16.8. The van der Waals surface area contributed by atoms with E-state index in [-0.39, 0.29) is 21.9 Å². The molecule has 8 aromatic rings. The van der Waals surface area contributed by atoms with Crippen LogP contribution < -0.4 is 9.80 Å². The molecule has 4 atom stereocenters. The molecule has 0 saturated heterocycles. The standard InChI is InChI=1S/C57H48N2/c1-54-27-29-56(54,3)58(41-13-7-5-8-14-41)51-25-21-38(34-49(51)54)36-19-23-43-40(31-36)33-48-45-24-20-37(32-47(45)44-17-11-12-18-46(44)53(43)48)39-22-26-52-50(35-39)55(2)28-30-57(55,4)59(52)42-15-9-6-10-16-42/h5-26,31-32,34-35H,27-30,33H2,1-4H3. The highest BCUT2D eigenvalue weighted by atomic mass is 15.3. The molecule has 2 saturated carbocycles. The van der Waals surface area contributed by atoms with Crippen LogP contribution in [0.15, 0.2) is 158 Å². The first-order chi connectivity index (χ1) is 28.7. The van der Waals surface area contributed by atoms with Crippen molar-refractivity contribution in [2.24, 2.45) is 0 Å². The molecule has 2 fully saturated rings. The van der Waals surface area contributed by atoms with Crippen molar-refractivity contribution in [3.8, 4) is 33.4 Å². The molecular weight excluding hydrogens is 713 g/mol. The van der Waals surface area contributed by atoms with E-state index in [1.165, 1.54) is 126 Å². The molecule has 0 spiro atoms. The summed E-state index contributed by atoms with van der Waals surface area (Å²) in [5.74, 6) is 0. The van der Waals surface area contributed by atoms with Crippen molar-refractivity contribution in [1.82, 2.24) is 0 Å². The maximum atomic E-state index is 2.63. The van der Waals surface area contributed by atoms with E-state index in [1.54, 1.807) is 0 Å². The minimum absolute atomic E-state index is 0.0879. The highest BCUT2D eigenvalue weighted by molar-refractivity contribution is 6.18. The molecule has 0 amide bonds. The van der Waals surface area contributed by atoms with Crippen molar-refractivity contribution < 1.29 is 0 Å². The van der Waals surface area contributed by atoms with Crippen LogP contribution in [0.4, 0.5) is 22.7 Å².